The van der Waals surface area contributed by atoms with Crippen molar-refractivity contribution in [2.75, 3.05) is 20.3 Å². The molecule has 0 saturated carbocycles. The maximum Gasteiger partial charge on any atom is 0.244 e. The zero-order chi connectivity index (χ0) is 22.1. The van der Waals surface area contributed by atoms with Gasteiger partial charge in [0.15, 0.2) is 11.5 Å². The maximum absolute atomic E-state index is 12.3. The first kappa shape index (κ1) is 23.4. The van der Waals surface area contributed by atoms with Gasteiger partial charge in [-0.2, -0.15) is 0 Å². The van der Waals surface area contributed by atoms with Crippen molar-refractivity contribution in [1.82, 2.24) is 10.0 Å². The summed E-state index contributed by atoms with van der Waals surface area (Å²) in [6.45, 7) is 6.75. The van der Waals surface area contributed by atoms with Gasteiger partial charge in [0.25, 0.3) is 0 Å². The number of nitrogens with one attached hydrogen (secondary N) is 2. The average Bonchev–Trinajstić information content (AvgIpc) is 2.74. The van der Waals surface area contributed by atoms with Gasteiger partial charge in [-0.1, -0.05) is 18.2 Å². The lowest BCUT2D eigenvalue weighted by molar-refractivity contribution is -0.117. The molecule has 1 unspecified atom stereocenters. The van der Waals surface area contributed by atoms with Crippen molar-refractivity contribution < 1.29 is 22.7 Å². The van der Waals surface area contributed by atoms with Crippen LogP contribution >= 0.6 is 0 Å². The minimum absolute atomic E-state index is 0.167. The van der Waals surface area contributed by atoms with Gasteiger partial charge in [-0.25, -0.2) is 13.1 Å². The molecular weight excluding hydrogens is 404 g/mol. The van der Waals surface area contributed by atoms with Gasteiger partial charge < -0.3 is 14.8 Å². The molecule has 0 radical (unpaired) electrons. The van der Waals surface area contributed by atoms with Crippen molar-refractivity contribution >= 4 is 22.0 Å². The predicted molar refractivity (Wildman–Crippen MR) is 117 cm³/mol. The summed E-state index contributed by atoms with van der Waals surface area (Å²) in [5.41, 5.74) is 1.61. The molecule has 0 aliphatic rings. The highest BCUT2D eigenvalue weighted by atomic mass is 32.2. The molecule has 8 heteroatoms. The molecule has 0 aromatic heterocycles. The molecule has 1 amide bonds. The van der Waals surface area contributed by atoms with Gasteiger partial charge in [0, 0.05) is 6.08 Å². The molecule has 162 valence electrons. The van der Waals surface area contributed by atoms with Crippen LogP contribution in [-0.4, -0.2) is 34.6 Å². The summed E-state index contributed by atoms with van der Waals surface area (Å²) in [5, 5.41) is 2.90. The van der Waals surface area contributed by atoms with E-state index in [1.54, 1.807) is 18.2 Å². The van der Waals surface area contributed by atoms with Gasteiger partial charge in [-0.15, -0.1) is 0 Å². The molecule has 0 fully saturated rings. The van der Waals surface area contributed by atoms with Crippen LogP contribution in [0, 0.1) is 0 Å². The largest absolute Gasteiger partial charge is 0.490 e. The molecule has 7 nitrogen and oxygen atoms in total. The number of amides is 1. The molecule has 2 rings (SSSR count). The fourth-order valence-corrected chi connectivity index (χ4v) is 3.46. The summed E-state index contributed by atoms with van der Waals surface area (Å²) in [4.78, 5) is 12.5. The first-order valence-corrected chi connectivity index (χ1v) is 11.2. The molecule has 2 N–H and O–H groups in total. The van der Waals surface area contributed by atoms with Crippen LogP contribution in [-0.2, 0) is 14.8 Å². The van der Waals surface area contributed by atoms with Crippen LogP contribution in [0.2, 0.25) is 0 Å². The smallest absolute Gasteiger partial charge is 0.244 e. The molecular formula is C22H28N2O5S. The lowest BCUT2D eigenvalue weighted by Gasteiger charge is -2.17. The summed E-state index contributed by atoms with van der Waals surface area (Å²) >= 11 is 0. The van der Waals surface area contributed by atoms with Gasteiger partial charge in [-0.3, -0.25) is 4.79 Å². The highest BCUT2D eigenvalue weighted by Crippen LogP contribution is 2.30. The Morgan fingerprint density at radius 3 is 2.27 bits per heavy atom. The normalized spacial score (nSPS) is 12.5. The lowest BCUT2D eigenvalue weighted by atomic mass is 10.1. The average molecular weight is 433 g/mol. The number of hydrogen-bond donors (Lipinski definition) is 2. The number of hydrogen-bond acceptors (Lipinski definition) is 5. The zero-order valence-corrected chi connectivity index (χ0v) is 18.5. The molecule has 0 aliphatic heterocycles. The number of carbonyl (C=O) groups excluding carboxylic acids is 1. The van der Waals surface area contributed by atoms with Crippen LogP contribution in [0.4, 0.5) is 0 Å². The molecule has 2 aromatic rings. The standard InChI is InChI=1S/C22H28N2O5S/c1-5-28-20-13-10-18(15-21(20)29-6-2)16(3)24-22(25)14-9-17-7-11-19(12-8-17)30(26,27)23-4/h7-16,23H,5-6H2,1-4H3,(H,24,25)/b14-9+. The Hall–Kier alpha value is -2.84. The first-order valence-electron chi connectivity index (χ1n) is 9.72. The summed E-state index contributed by atoms with van der Waals surface area (Å²) < 4.78 is 37.0. The molecule has 0 spiro atoms. The van der Waals surface area contributed by atoms with Crippen molar-refractivity contribution in [2.24, 2.45) is 0 Å². The Balaban J connectivity index is 2.04. The van der Waals surface area contributed by atoms with Crippen molar-refractivity contribution in [3.63, 3.8) is 0 Å². The van der Waals surface area contributed by atoms with E-state index in [-0.39, 0.29) is 16.8 Å². The predicted octanol–water partition coefficient (Wildman–Crippen LogP) is 3.28. The van der Waals surface area contributed by atoms with Crippen LogP contribution in [0.5, 0.6) is 11.5 Å². The maximum atomic E-state index is 12.3. The van der Waals surface area contributed by atoms with Crippen LogP contribution in [0.1, 0.15) is 37.9 Å². The second kappa shape index (κ2) is 10.8. The quantitative estimate of drug-likeness (QED) is 0.562. The molecule has 0 saturated heterocycles. The zero-order valence-electron chi connectivity index (χ0n) is 17.6. The topological polar surface area (TPSA) is 93.7 Å². The first-order chi connectivity index (χ1) is 14.3. The highest BCUT2D eigenvalue weighted by molar-refractivity contribution is 7.89. The van der Waals surface area contributed by atoms with E-state index < -0.39 is 10.0 Å². The van der Waals surface area contributed by atoms with E-state index in [1.807, 2.05) is 39.0 Å². The van der Waals surface area contributed by atoms with Gasteiger partial charge in [-0.05, 0) is 69.3 Å². The minimum Gasteiger partial charge on any atom is -0.490 e. The van der Waals surface area contributed by atoms with Crippen LogP contribution in [0.15, 0.2) is 53.4 Å². The van der Waals surface area contributed by atoms with Gasteiger partial charge in [0.1, 0.15) is 0 Å². The van der Waals surface area contributed by atoms with Crippen molar-refractivity contribution in [3.8, 4) is 11.5 Å². The second-order valence-corrected chi connectivity index (χ2v) is 8.30. The van der Waals surface area contributed by atoms with Crippen molar-refractivity contribution in [2.45, 2.75) is 31.7 Å². The van der Waals surface area contributed by atoms with Crippen molar-refractivity contribution in [3.05, 3.63) is 59.7 Å². The van der Waals surface area contributed by atoms with Crippen molar-refractivity contribution in [1.29, 1.82) is 0 Å². The van der Waals surface area contributed by atoms with E-state index in [9.17, 15) is 13.2 Å². The van der Waals surface area contributed by atoms with Crippen LogP contribution in [0.25, 0.3) is 6.08 Å². The Bertz CT molecular complexity index is 985. The summed E-state index contributed by atoms with van der Waals surface area (Å²) in [7, 11) is -2.12. The molecule has 0 bridgehead atoms. The fourth-order valence-electron chi connectivity index (χ4n) is 2.73. The van der Waals surface area contributed by atoms with Crippen LogP contribution < -0.4 is 19.5 Å². The van der Waals surface area contributed by atoms with Crippen LogP contribution in [0.3, 0.4) is 0 Å². The third kappa shape index (κ3) is 6.33. The molecule has 0 heterocycles. The lowest BCUT2D eigenvalue weighted by Crippen LogP contribution is -2.24. The van der Waals surface area contributed by atoms with E-state index in [0.29, 0.717) is 30.3 Å². The Morgan fingerprint density at radius 2 is 1.67 bits per heavy atom. The summed E-state index contributed by atoms with van der Waals surface area (Å²) in [6.07, 6.45) is 3.04. The Morgan fingerprint density at radius 1 is 1.03 bits per heavy atom. The summed E-state index contributed by atoms with van der Waals surface area (Å²) in [6, 6.07) is 11.6. The highest BCUT2D eigenvalue weighted by Gasteiger charge is 2.13. The van der Waals surface area contributed by atoms with E-state index in [0.717, 1.165) is 5.56 Å². The number of rotatable bonds is 10. The fraction of sp³-hybridized carbons (Fsp3) is 0.318. The number of carbonyl (C=O) groups is 1. The number of ether oxygens (including phenoxy) is 2. The Labute approximate surface area is 178 Å². The Kier molecular flexibility index (Phi) is 8.44. The molecule has 30 heavy (non-hydrogen) atoms. The second-order valence-electron chi connectivity index (χ2n) is 6.41. The SMILES string of the molecule is CCOc1ccc(C(C)NC(=O)/C=C/c2ccc(S(=O)(=O)NC)cc2)cc1OCC. The third-order valence-electron chi connectivity index (χ3n) is 4.31. The molecule has 1 atom stereocenters. The van der Waals surface area contributed by atoms with E-state index >= 15 is 0 Å². The number of benzene rings is 2. The van der Waals surface area contributed by atoms with E-state index in [1.165, 1.54) is 25.3 Å². The van der Waals surface area contributed by atoms with Gasteiger partial charge in [0.2, 0.25) is 15.9 Å². The number of sulfonamides is 1. The van der Waals surface area contributed by atoms with Gasteiger partial charge >= 0.3 is 0 Å². The molecule has 2 aromatic carbocycles. The van der Waals surface area contributed by atoms with E-state index in [2.05, 4.69) is 10.0 Å². The molecule has 0 aliphatic carbocycles. The minimum atomic E-state index is -3.48. The summed E-state index contributed by atoms with van der Waals surface area (Å²) in [5.74, 6) is 1.05. The van der Waals surface area contributed by atoms with Gasteiger partial charge in [0.05, 0.1) is 24.2 Å². The van der Waals surface area contributed by atoms with E-state index in [4.69, 9.17) is 9.47 Å². The third-order valence-corrected chi connectivity index (χ3v) is 5.74. The monoisotopic (exact) mass is 432 g/mol.